The lowest BCUT2D eigenvalue weighted by molar-refractivity contribution is -0.114. The van der Waals surface area contributed by atoms with Crippen LogP contribution < -0.4 is 15.0 Å². The molecule has 2 N–H and O–H groups in total. The molecule has 0 heterocycles. The molecular formula is C26H28N4O4S. The molecule has 35 heavy (non-hydrogen) atoms. The molecular weight excluding hydrogens is 464 g/mol. The fraction of sp³-hybridized carbons (Fsp3) is 0.192. The number of hydrazone groups is 1. The number of carbonyl (C=O) groups excluding carboxylic acids is 2. The van der Waals surface area contributed by atoms with Crippen LogP contribution in [0, 0.1) is 6.92 Å². The highest BCUT2D eigenvalue weighted by Crippen LogP contribution is 2.21. The van der Waals surface area contributed by atoms with E-state index in [0.717, 1.165) is 22.9 Å². The minimum Gasteiger partial charge on any atom is -0.326 e. The number of aryl methyl sites for hydroxylation is 1. The van der Waals surface area contributed by atoms with E-state index in [1.54, 1.807) is 55.5 Å². The monoisotopic (exact) mass is 492 g/mol. The predicted octanol–water partition coefficient (Wildman–Crippen LogP) is 4.07. The highest BCUT2D eigenvalue weighted by molar-refractivity contribution is 7.92. The molecule has 0 saturated carbocycles. The topological polar surface area (TPSA) is 108 Å². The van der Waals surface area contributed by atoms with Crippen LogP contribution in [0.1, 0.15) is 40.9 Å². The van der Waals surface area contributed by atoms with E-state index in [4.69, 9.17) is 0 Å². The van der Waals surface area contributed by atoms with Crippen LogP contribution >= 0.6 is 0 Å². The number of benzene rings is 3. The summed E-state index contributed by atoms with van der Waals surface area (Å²) in [5, 5.41) is 6.83. The van der Waals surface area contributed by atoms with Crippen molar-refractivity contribution in [2.45, 2.75) is 27.3 Å². The smallest absolute Gasteiger partial charge is 0.271 e. The van der Waals surface area contributed by atoms with Crippen LogP contribution in [-0.2, 0) is 21.4 Å². The van der Waals surface area contributed by atoms with Gasteiger partial charge in [-0.15, -0.1) is 0 Å². The lowest BCUT2D eigenvalue weighted by Crippen LogP contribution is -2.29. The first-order valence-corrected chi connectivity index (χ1v) is 12.7. The fourth-order valence-corrected chi connectivity index (χ4v) is 4.19. The molecule has 9 heteroatoms. The van der Waals surface area contributed by atoms with Gasteiger partial charge in [0, 0.05) is 18.2 Å². The molecule has 0 spiro atoms. The Kier molecular flexibility index (Phi) is 8.03. The van der Waals surface area contributed by atoms with Crippen molar-refractivity contribution in [1.82, 2.24) is 5.43 Å². The normalized spacial score (nSPS) is 11.6. The van der Waals surface area contributed by atoms with Crippen LogP contribution in [0.5, 0.6) is 0 Å². The van der Waals surface area contributed by atoms with Crippen molar-refractivity contribution in [3.8, 4) is 0 Å². The standard InChI is InChI=1S/C26H28N4O4S/c1-18-5-7-21(8-6-18)17-30(35(4,33)34)25-15-11-23(12-16-25)26(32)29-28-19(2)22-9-13-24(14-10-22)27-20(3)31/h5-16H,17H2,1-4H3,(H,27,31)(H,29,32)/b28-19-. The van der Waals surface area contributed by atoms with Crippen molar-refractivity contribution >= 4 is 38.9 Å². The van der Waals surface area contributed by atoms with Crippen molar-refractivity contribution in [2.24, 2.45) is 5.10 Å². The Morgan fingerprint density at radius 2 is 1.43 bits per heavy atom. The summed E-state index contributed by atoms with van der Waals surface area (Å²) in [7, 11) is -3.53. The first-order chi connectivity index (χ1) is 16.5. The minimum absolute atomic E-state index is 0.156. The highest BCUT2D eigenvalue weighted by Gasteiger charge is 2.18. The number of hydrogen-bond donors (Lipinski definition) is 2. The molecule has 0 unspecified atom stereocenters. The third-order valence-corrected chi connectivity index (χ3v) is 6.35. The van der Waals surface area contributed by atoms with Crippen molar-refractivity contribution in [3.05, 3.63) is 95.1 Å². The van der Waals surface area contributed by atoms with Gasteiger partial charge in [-0.05, 0) is 61.4 Å². The second-order valence-electron chi connectivity index (χ2n) is 8.20. The van der Waals surface area contributed by atoms with E-state index in [2.05, 4.69) is 15.8 Å². The molecule has 0 aliphatic rings. The number of rotatable bonds is 8. The molecule has 3 aromatic carbocycles. The number of sulfonamides is 1. The molecule has 0 atom stereocenters. The van der Waals surface area contributed by atoms with Crippen LogP contribution in [0.3, 0.4) is 0 Å². The van der Waals surface area contributed by atoms with E-state index in [-0.39, 0.29) is 12.5 Å². The third-order valence-electron chi connectivity index (χ3n) is 5.21. The molecule has 0 aromatic heterocycles. The maximum absolute atomic E-state index is 12.6. The maximum atomic E-state index is 12.6. The maximum Gasteiger partial charge on any atom is 0.271 e. The Morgan fingerprint density at radius 3 is 1.97 bits per heavy atom. The summed E-state index contributed by atoms with van der Waals surface area (Å²) in [6.45, 7) is 5.35. The Balaban J connectivity index is 1.70. The average molecular weight is 493 g/mol. The Bertz CT molecular complexity index is 1330. The zero-order valence-electron chi connectivity index (χ0n) is 20.1. The largest absolute Gasteiger partial charge is 0.326 e. The zero-order chi connectivity index (χ0) is 25.6. The van der Waals surface area contributed by atoms with Crippen molar-refractivity contribution in [3.63, 3.8) is 0 Å². The molecule has 0 radical (unpaired) electrons. The molecule has 2 amide bonds. The van der Waals surface area contributed by atoms with Gasteiger partial charge < -0.3 is 5.32 Å². The molecule has 0 aliphatic carbocycles. The van der Waals surface area contributed by atoms with Gasteiger partial charge in [0.2, 0.25) is 15.9 Å². The summed E-state index contributed by atoms with van der Waals surface area (Å²) in [6, 6.07) is 21.1. The molecule has 182 valence electrons. The van der Waals surface area contributed by atoms with Crippen LogP contribution in [0.2, 0.25) is 0 Å². The average Bonchev–Trinajstić information content (AvgIpc) is 2.81. The first-order valence-electron chi connectivity index (χ1n) is 10.9. The van der Waals surface area contributed by atoms with Crippen LogP contribution in [-0.4, -0.2) is 32.2 Å². The Morgan fingerprint density at radius 1 is 0.857 bits per heavy atom. The third kappa shape index (κ3) is 7.25. The SMILES string of the molecule is CC(=O)Nc1ccc(/C(C)=N\NC(=O)c2ccc(N(Cc3ccc(C)cc3)S(C)(=O)=O)cc2)cc1. The molecule has 8 nitrogen and oxygen atoms in total. The lowest BCUT2D eigenvalue weighted by atomic mass is 10.1. The number of hydrogen-bond acceptors (Lipinski definition) is 5. The summed E-state index contributed by atoms with van der Waals surface area (Å²) in [5.74, 6) is -0.577. The summed E-state index contributed by atoms with van der Waals surface area (Å²) in [5.41, 5.74) is 7.32. The van der Waals surface area contributed by atoms with Crippen molar-refractivity contribution < 1.29 is 18.0 Å². The highest BCUT2D eigenvalue weighted by atomic mass is 32.2. The van der Waals surface area contributed by atoms with Gasteiger partial charge in [-0.2, -0.15) is 5.10 Å². The van der Waals surface area contributed by atoms with Crippen LogP contribution in [0.15, 0.2) is 77.9 Å². The lowest BCUT2D eigenvalue weighted by Gasteiger charge is -2.22. The number of amides is 2. The summed E-state index contributed by atoms with van der Waals surface area (Å²) < 4.78 is 26.1. The summed E-state index contributed by atoms with van der Waals surface area (Å²) in [6.07, 6.45) is 1.15. The number of nitrogens with one attached hydrogen (secondary N) is 2. The molecule has 0 fully saturated rings. The summed E-state index contributed by atoms with van der Waals surface area (Å²) in [4.78, 5) is 23.7. The molecule has 3 rings (SSSR count). The van der Waals surface area contributed by atoms with Gasteiger partial charge >= 0.3 is 0 Å². The van der Waals surface area contributed by atoms with Gasteiger partial charge in [-0.1, -0.05) is 42.0 Å². The molecule has 0 bridgehead atoms. The van der Waals surface area contributed by atoms with Gasteiger partial charge in [-0.25, -0.2) is 13.8 Å². The van der Waals surface area contributed by atoms with Gasteiger partial charge in [0.25, 0.3) is 5.91 Å². The quantitative estimate of drug-likeness (QED) is 0.365. The zero-order valence-corrected chi connectivity index (χ0v) is 20.9. The van der Waals surface area contributed by atoms with Gasteiger partial charge in [0.1, 0.15) is 0 Å². The molecule has 0 saturated heterocycles. The number of carbonyl (C=O) groups is 2. The van der Waals surface area contributed by atoms with E-state index < -0.39 is 15.9 Å². The summed E-state index contributed by atoms with van der Waals surface area (Å²) >= 11 is 0. The number of anilines is 2. The van der Waals surface area contributed by atoms with Crippen LogP contribution in [0.25, 0.3) is 0 Å². The van der Waals surface area contributed by atoms with E-state index in [9.17, 15) is 18.0 Å². The van der Waals surface area contributed by atoms with Gasteiger partial charge in [0.05, 0.1) is 24.2 Å². The molecule has 3 aromatic rings. The van der Waals surface area contributed by atoms with Crippen LogP contribution in [0.4, 0.5) is 11.4 Å². The van der Waals surface area contributed by atoms with Crippen molar-refractivity contribution in [2.75, 3.05) is 15.9 Å². The second kappa shape index (κ2) is 11.0. The van der Waals surface area contributed by atoms with E-state index in [1.165, 1.54) is 11.2 Å². The van der Waals surface area contributed by atoms with E-state index in [0.29, 0.717) is 22.6 Å². The minimum atomic E-state index is -3.53. The van der Waals surface area contributed by atoms with Gasteiger partial charge in [-0.3, -0.25) is 13.9 Å². The van der Waals surface area contributed by atoms with E-state index in [1.807, 2.05) is 31.2 Å². The first kappa shape index (κ1) is 25.6. The molecule has 0 aliphatic heterocycles. The van der Waals surface area contributed by atoms with Crippen molar-refractivity contribution in [1.29, 1.82) is 0 Å². The Labute approximate surface area is 205 Å². The number of nitrogens with zero attached hydrogens (tertiary/aromatic N) is 2. The Hall–Kier alpha value is -3.98. The van der Waals surface area contributed by atoms with Gasteiger partial charge in [0.15, 0.2) is 0 Å². The van der Waals surface area contributed by atoms with E-state index >= 15 is 0 Å². The second-order valence-corrected chi connectivity index (χ2v) is 10.1. The predicted molar refractivity (Wildman–Crippen MR) is 139 cm³/mol. The fourth-order valence-electron chi connectivity index (χ4n) is 3.30.